The summed E-state index contributed by atoms with van der Waals surface area (Å²) in [5.74, 6) is -0.130. The molecule has 35 heavy (non-hydrogen) atoms. The lowest BCUT2D eigenvalue weighted by Crippen LogP contribution is -2.44. The van der Waals surface area contributed by atoms with Gasteiger partial charge in [-0.25, -0.2) is 9.50 Å². The van der Waals surface area contributed by atoms with Gasteiger partial charge < -0.3 is 39.1 Å². The summed E-state index contributed by atoms with van der Waals surface area (Å²) < 4.78 is 34.5. The van der Waals surface area contributed by atoms with Crippen molar-refractivity contribution in [1.82, 2.24) is 14.6 Å². The van der Waals surface area contributed by atoms with Crippen LogP contribution in [0.4, 0.5) is 5.69 Å². The molecule has 4 heterocycles. The van der Waals surface area contributed by atoms with Crippen molar-refractivity contribution in [3.63, 3.8) is 0 Å². The van der Waals surface area contributed by atoms with Gasteiger partial charge in [-0.1, -0.05) is 18.0 Å². The maximum Gasteiger partial charge on any atom is 0.340 e. The van der Waals surface area contributed by atoms with Gasteiger partial charge in [0.15, 0.2) is 22.5 Å². The molecule has 2 aromatic rings. The summed E-state index contributed by atoms with van der Waals surface area (Å²) in [5.41, 5.74) is -0.612. The molecule has 0 amide bonds. The molecule has 6 atom stereocenters. The molecular formula is C19H27ClN4O9P2. The number of rotatable bonds is 7. The van der Waals surface area contributed by atoms with Crippen LogP contribution in [0, 0.1) is 11.8 Å². The van der Waals surface area contributed by atoms with Crippen LogP contribution in [0.5, 0.6) is 0 Å². The molecule has 2 saturated heterocycles. The second-order valence-corrected chi connectivity index (χ2v) is 13.9. The SMILES string of the molecule is O=P(O)(O)CP(=O)(O)OC[C@H]1OC[C@@](O)(c2ncc3c(N4CC5CCCC5C4)cc(Cl)nn23)[C@@H]1O. The number of halogens is 1. The van der Waals surface area contributed by atoms with Crippen LogP contribution in [-0.2, 0) is 24.0 Å². The third kappa shape index (κ3) is 4.92. The second-order valence-electron chi connectivity index (χ2n) is 9.55. The molecule has 3 aliphatic rings. The second kappa shape index (κ2) is 9.02. The highest BCUT2D eigenvalue weighted by molar-refractivity contribution is 7.70. The molecule has 0 aromatic carbocycles. The van der Waals surface area contributed by atoms with Crippen molar-refractivity contribution in [2.45, 2.75) is 37.1 Å². The molecular weight excluding hydrogens is 526 g/mol. The van der Waals surface area contributed by atoms with Crippen molar-refractivity contribution >= 4 is 38.0 Å². The fourth-order valence-corrected chi connectivity index (χ4v) is 8.18. The third-order valence-electron chi connectivity index (χ3n) is 7.07. The molecule has 2 aliphatic heterocycles. The van der Waals surface area contributed by atoms with Crippen molar-refractivity contribution in [3.8, 4) is 0 Å². The summed E-state index contributed by atoms with van der Waals surface area (Å²) >= 11 is 6.32. The first-order valence-electron chi connectivity index (χ1n) is 11.2. The van der Waals surface area contributed by atoms with E-state index in [0.29, 0.717) is 17.4 Å². The van der Waals surface area contributed by atoms with Crippen LogP contribution >= 0.6 is 26.8 Å². The lowest BCUT2D eigenvalue weighted by atomic mass is 9.96. The Bertz CT molecular complexity index is 1210. The molecule has 1 aliphatic carbocycles. The highest BCUT2D eigenvalue weighted by Crippen LogP contribution is 2.55. The Morgan fingerprint density at radius 3 is 2.57 bits per heavy atom. The van der Waals surface area contributed by atoms with E-state index in [4.69, 9.17) is 30.6 Å². The Morgan fingerprint density at radius 1 is 1.23 bits per heavy atom. The van der Waals surface area contributed by atoms with Crippen LogP contribution in [-0.4, -0.2) is 83.9 Å². The summed E-state index contributed by atoms with van der Waals surface area (Å²) in [6.45, 7) is 0.683. The van der Waals surface area contributed by atoms with Crippen LogP contribution in [0.15, 0.2) is 12.3 Å². The molecule has 194 valence electrons. The highest BCUT2D eigenvalue weighted by atomic mass is 35.5. The van der Waals surface area contributed by atoms with Crippen molar-refractivity contribution in [1.29, 1.82) is 0 Å². The number of aliphatic hydroxyl groups excluding tert-OH is 1. The number of imidazole rings is 1. The average Bonchev–Trinajstić information content (AvgIpc) is 3.49. The van der Waals surface area contributed by atoms with Gasteiger partial charge in [-0.15, -0.1) is 0 Å². The number of fused-ring (bicyclic) bond motifs is 2. The van der Waals surface area contributed by atoms with Crippen LogP contribution in [0.2, 0.25) is 5.15 Å². The van der Waals surface area contributed by atoms with Gasteiger partial charge in [-0.2, -0.15) is 5.10 Å². The zero-order valence-electron chi connectivity index (χ0n) is 18.6. The maximum atomic E-state index is 11.9. The van der Waals surface area contributed by atoms with E-state index in [-0.39, 0.29) is 11.0 Å². The number of nitrogens with zero attached hydrogens (tertiary/aromatic N) is 4. The first-order chi connectivity index (χ1) is 16.4. The van der Waals surface area contributed by atoms with Gasteiger partial charge in [0.1, 0.15) is 17.7 Å². The van der Waals surface area contributed by atoms with E-state index in [1.54, 1.807) is 12.3 Å². The lowest BCUT2D eigenvalue weighted by Gasteiger charge is -2.26. The quantitative estimate of drug-likeness (QED) is 0.306. The average molecular weight is 553 g/mol. The van der Waals surface area contributed by atoms with Crippen LogP contribution in [0.25, 0.3) is 5.52 Å². The number of hydrogen-bond donors (Lipinski definition) is 5. The lowest BCUT2D eigenvalue weighted by molar-refractivity contribution is -0.0652. The van der Waals surface area contributed by atoms with Crippen LogP contribution in [0.3, 0.4) is 0 Å². The summed E-state index contributed by atoms with van der Waals surface area (Å²) in [4.78, 5) is 34.1. The Kier molecular flexibility index (Phi) is 6.58. The van der Waals surface area contributed by atoms with Crippen LogP contribution < -0.4 is 4.90 Å². The zero-order chi connectivity index (χ0) is 25.2. The minimum absolute atomic E-state index is 0.0203. The van der Waals surface area contributed by atoms with E-state index in [1.807, 2.05) is 0 Å². The molecule has 16 heteroatoms. The molecule has 3 unspecified atom stereocenters. The van der Waals surface area contributed by atoms with E-state index in [9.17, 15) is 24.2 Å². The molecule has 5 rings (SSSR count). The van der Waals surface area contributed by atoms with Gasteiger partial charge >= 0.3 is 15.2 Å². The molecule has 13 nitrogen and oxygen atoms in total. The largest absolute Gasteiger partial charge is 0.387 e. The van der Waals surface area contributed by atoms with Crippen molar-refractivity contribution in [2.75, 3.05) is 37.1 Å². The van der Waals surface area contributed by atoms with E-state index in [2.05, 4.69) is 15.0 Å². The minimum Gasteiger partial charge on any atom is -0.387 e. The third-order valence-corrected chi connectivity index (χ3v) is 10.7. The summed E-state index contributed by atoms with van der Waals surface area (Å²) in [6, 6.07) is 1.76. The highest BCUT2D eigenvalue weighted by Gasteiger charge is 2.53. The number of hydrogen-bond acceptors (Lipinski definition) is 9. The van der Waals surface area contributed by atoms with Crippen molar-refractivity contribution in [3.05, 3.63) is 23.2 Å². The van der Waals surface area contributed by atoms with Crippen molar-refractivity contribution < 1.29 is 43.3 Å². The Morgan fingerprint density at radius 2 is 1.91 bits per heavy atom. The zero-order valence-corrected chi connectivity index (χ0v) is 21.1. The van der Waals surface area contributed by atoms with Gasteiger partial charge in [0.2, 0.25) is 0 Å². The number of aliphatic hydroxyl groups is 2. The predicted octanol–water partition coefficient (Wildman–Crippen LogP) is 0.903. The van der Waals surface area contributed by atoms with Gasteiger partial charge in [-0.05, 0) is 24.7 Å². The number of aromatic nitrogens is 3. The predicted molar refractivity (Wildman–Crippen MR) is 123 cm³/mol. The first kappa shape index (κ1) is 25.5. The maximum absolute atomic E-state index is 11.9. The molecule has 3 fully saturated rings. The van der Waals surface area contributed by atoms with Gasteiger partial charge in [-0.3, -0.25) is 9.13 Å². The van der Waals surface area contributed by atoms with Crippen LogP contribution in [0.1, 0.15) is 25.1 Å². The molecule has 0 radical (unpaired) electrons. The van der Waals surface area contributed by atoms with Gasteiger partial charge in [0, 0.05) is 19.2 Å². The number of ether oxygens (including phenoxy) is 1. The minimum atomic E-state index is -4.81. The summed E-state index contributed by atoms with van der Waals surface area (Å²) in [6.07, 6.45) is 2.27. The van der Waals surface area contributed by atoms with Gasteiger partial charge in [0.25, 0.3) is 0 Å². The van der Waals surface area contributed by atoms with E-state index < -0.39 is 52.1 Å². The van der Waals surface area contributed by atoms with E-state index in [1.165, 1.54) is 23.8 Å². The summed E-state index contributed by atoms with van der Waals surface area (Å²) in [7, 11) is -9.47. The Balaban J connectivity index is 1.38. The Labute approximate surface area is 205 Å². The fraction of sp³-hybridized carbons (Fsp3) is 0.684. The molecule has 0 spiro atoms. The molecule has 0 bridgehead atoms. The van der Waals surface area contributed by atoms with Crippen molar-refractivity contribution in [2.24, 2.45) is 11.8 Å². The normalized spacial score (nSPS) is 32.9. The topological polar surface area (TPSA) is 187 Å². The van der Waals surface area contributed by atoms with E-state index in [0.717, 1.165) is 18.8 Å². The Hall–Kier alpha value is -1.11. The number of anilines is 1. The summed E-state index contributed by atoms with van der Waals surface area (Å²) in [5, 5.41) is 26.6. The fourth-order valence-electron chi connectivity index (χ4n) is 5.43. The monoisotopic (exact) mass is 552 g/mol. The first-order valence-corrected chi connectivity index (χ1v) is 15.1. The molecule has 5 N–H and O–H groups in total. The smallest absolute Gasteiger partial charge is 0.340 e. The standard InChI is InChI=1S/C19H27ClN4O9P2/c20-16-4-13(23-6-11-2-1-3-12(11)7-23)14-5-21-18(24(14)22-16)19(26)9-32-15(17(19)25)8-33-35(30,31)10-34(27,28)29/h4-5,11-12,15,17,25-26H,1-3,6-10H2,(H,30,31)(H2,27,28,29)/t11?,12?,15-,17-,19+/m1/s1. The molecule has 1 saturated carbocycles. The van der Waals surface area contributed by atoms with E-state index >= 15 is 0 Å². The molecule has 2 aromatic heterocycles. The van der Waals surface area contributed by atoms with Gasteiger partial charge in [0.05, 0.1) is 25.1 Å².